The summed E-state index contributed by atoms with van der Waals surface area (Å²) < 4.78 is 11.7. The molecule has 118 valence electrons. The first-order chi connectivity index (χ1) is 10.6. The first kappa shape index (κ1) is 15.0. The molecule has 2 aromatic rings. The monoisotopic (exact) mass is 307 g/mol. The van der Waals surface area contributed by atoms with E-state index in [2.05, 4.69) is 0 Å². The van der Waals surface area contributed by atoms with Crippen LogP contribution in [-0.4, -0.2) is 51.9 Å². The summed E-state index contributed by atoms with van der Waals surface area (Å²) in [5, 5.41) is 30.1. The van der Waals surface area contributed by atoms with Crippen molar-refractivity contribution >= 4 is 10.8 Å². The van der Waals surface area contributed by atoms with Gasteiger partial charge in [0, 0.05) is 6.20 Å². The van der Waals surface area contributed by atoms with Gasteiger partial charge in [-0.15, -0.1) is 0 Å². The molecule has 1 aliphatic rings. The molecule has 4 atom stereocenters. The number of hydrogen-bond acceptors (Lipinski definition) is 6. The van der Waals surface area contributed by atoms with Gasteiger partial charge >= 0.3 is 0 Å². The second kappa shape index (κ2) is 5.69. The lowest BCUT2D eigenvalue weighted by Crippen LogP contribution is -2.35. The van der Waals surface area contributed by atoms with Crippen LogP contribution in [0.15, 0.2) is 35.3 Å². The van der Waals surface area contributed by atoms with E-state index in [1.54, 1.807) is 24.3 Å². The average Bonchev–Trinajstić information content (AvgIpc) is 2.83. The topological polar surface area (TPSA) is 101 Å². The molecule has 7 heteroatoms. The van der Waals surface area contributed by atoms with E-state index in [1.807, 2.05) is 0 Å². The highest BCUT2D eigenvalue weighted by atomic mass is 16.6. The number of ether oxygens (including phenoxy) is 2. The van der Waals surface area contributed by atoms with Crippen molar-refractivity contribution in [3.05, 3.63) is 40.8 Å². The van der Waals surface area contributed by atoms with Crippen molar-refractivity contribution in [1.82, 2.24) is 4.57 Å². The molecular formula is C15H17NO6. The van der Waals surface area contributed by atoms with E-state index in [0.717, 1.165) is 5.39 Å². The number of aliphatic hydroxyl groups is 3. The first-order valence-electron chi connectivity index (χ1n) is 6.88. The van der Waals surface area contributed by atoms with Crippen LogP contribution in [0.2, 0.25) is 0 Å². The normalized spacial score (nSPS) is 28.2. The number of nitrogens with zero attached hydrogens (tertiary/aromatic N) is 1. The second-order valence-electron chi connectivity index (χ2n) is 5.21. The van der Waals surface area contributed by atoms with Gasteiger partial charge in [0.05, 0.1) is 19.1 Å². The van der Waals surface area contributed by atoms with Crippen molar-refractivity contribution in [3.8, 4) is 5.75 Å². The molecule has 1 aromatic heterocycles. The molecule has 2 heterocycles. The number of aromatic nitrogens is 1. The summed E-state index contributed by atoms with van der Waals surface area (Å²) in [7, 11) is 1.51. The minimum atomic E-state index is -1.29. The van der Waals surface area contributed by atoms with Crippen molar-refractivity contribution < 1.29 is 24.8 Å². The Morgan fingerprint density at radius 1 is 1.27 bits per heavy atom. The van der Waals surface area contributed by atoms with E-state index in [1.165, 1.54) is 17.9 Å². The number of pyridine rings is 1. The summed E-state index contributed by atoms with van der Waals surface area (Å²) in [5.41, 5.74) is -0.369. The molecule has 0 radical (unpaired) electrons. The van der Waals surface area contributed by atoms with Crippen LogP contribution in [0.25, 0.3) is 10.8 Å². The number of fused-ring (bicyclic) bond motifs is 1. The second-order valence-corrected chi connectivity index (χ2v) is 5.21. The Hall–Kier alpha value is -1.93. The van der Waals surface area contributed by atoms with Crippen molar-refractivity contribution in [2.24, 2.45) is 0 Å². The molecule has 3 rings (SSSR count). The highest BCUT2D eigenvalue weighted by molar-refractivity contribution is 5.82. The minimum Gasteiger partial charge on any atom is -0.497 e. The van der Waals surface area contributed by atoms with Gasteiger partial charge in [-0.1, -0.05) is 6.07 Å². The maximum Gasteiger partial charge on any atom is 0.260 e. The van der Waals surface area contributed by atoms with Gasteiger partial charge in [0.1, 0.15) is 24.1 Å². The van der Waals surface area contributed by atoms with Gasteiger partial charge in [-0.25, -0.2) is 0 Å². The molecule has 3 N–H and O–H groups in total. The van der Waals surface area contributed by atoms with Crippen molar-refractivity contribution in [3.63, 3.8) is 0 Å². The van der Waals surface area contributed by atoms with E-state index >= 15 is 0 Å². The molecule has 22 heavy (non-hydrogen) atoms. The Labute approximate surface area is 125 Å². The van der Waals surface area contributed by atoms with E-state index in [0.29, 0.717) is 11.1 Å². The predicted molar refractivity (Wildman–Crippen MR) is 77.8 cm³/mol. The van der Waals surface area contributed by atoms with Gasteiger partial charge < -0.3 is 24.8 Å². The largest absolute Gasteiger partial charge is 0.497 e. The van der Waals surface area contributed by atoms with Crippen LogP contribution in [0.3, 0.4) is 0 Å². The SMILES string of the molecule is COc1ccc2ccn([C@@H]3O[C@H](CO)[C@@H](O)[C@H]3O)c(=O)c2c1. The predicted octanol–water partition coefficient (Wildman–Crippen LogP) is -0.378. The molecule has 0 bridgehead atoms. The van der Waals surface area contributed by atoms with Crippen molar-refractivity contribution in [2.75, 3.05) is 13.7 Å². The van der Waals surface area contributed by atoms with Gasteiger partial charge in [-0.3, -0.25) is 9.36 Å². The third-order valence-electron chi connectivity index (χ3n) is 3.93. The molecule has 7 nitrogen and oxygen atoms in total. The van der Waals surface area contributed by atoms with Crippen molar-refractivity contribution in [2.45, 2.75) is 24.5 Å². The molecule has 1 aromatic carbocycles. The Kier molecular flexibility index (Phi) is 3.88. The van der Waals surface area contributed by atoms with Crippen LogP contribution < -0.4 is 10.3 Å². The summed E-state index contributed by atoms with van der Waals surface area (Å²) in [4.78, 5) is 12.6. The Morgan fingerprint density at radius 2 is 2.05 bits per heavy atom. The summed E-state index contributed by atoms with van der Waals surface area (Å²) in [6.07, 6.45) is -3.01. The average molecular weight is 307 g/mol. The number of hydrogen-bond donors (Lipinski definition) is 3. The number of benzene rings is 1. The van der Waals surface area contributed by atoms with Crippen LogP contribution in [0.5, 0.6) is 5.75 Å². The molecule has 0 unspecified atom stereocenters. The standard InChI is InChI=1S/C15H17NO6/c1-21-9-3-2-8-4-5-16(14(20)10(8)6-9)15-13(19)12(18)11(7-17)22-15/h2-6,11-13,15,17-19H,7H2,1H3/t11-,12-,13-,15-/m1/s1. The quantitative estimate of drug-likeness (QED) is 0.715. The fourth-order valence-corrected chi connectivity index (χ4v) is 2.67. The third kappa shape index (κ3) is 2.28. The summed E-state index contributed by atoms with van der Waals surface area (Å²) in [5.74, 6) is 0.545. The lowest BCUT2D eigenvalue weighted by molar-refractivity contribution is -0.0541. The van der Waals surface area contributed by atoms with E-state index in [9.17, 15) is 15.0 Å². The van der Waals surface area contributed by atoms with Crippen LogP contribution in [0, 0.1) is 0 Å². The highest BCUT2D eigenvalue weighted by Crippen LogP contribution is 2.29. The number of rotatable bonds is 3. The summed E-state index contributed by atoms with van der Waals surface area (Å²) >= 11 is 0. The minimum absolute atomic E-state index is 0.369. The Morgan fingerprint density at radius 3 is 2.68 bits per heavy atom. The number of methoxy groups -OCH3 is 1. The molecule has 0 saturated carbocycles. The Balaban J connectivity index is 2.08. The lowest BCUT2D eigenvalue weighted by atomic mass is 10.1. The van der Waals surface area contributed by atoms with Crippen LogP contribution in [0.4, 0.5) is 0 Å². The Bertz CT molecular complexity index is 742. The molecule has 0 amide bonds. The van der Waals surface area contributed by atoms with Gasteiger partial charge in [0.15, 0.2) is 6.23 Å². The van der Waals surface area contributed by atoms with Crippen LogP contribution in [-0.2, 0) is 4.74 Å². The van der Waals surface area contributed by atoms with Gasteiger partial charge in [0.2, 0.25) is 0 Å². The summed E-state index contributed by atoms with van der Waals surface area (Å²) in [6.45, 7) is -0.440. The van der Waals surface area contributed by atoms with E-state index < -0.39 is 31.1 Å². The zero-order chi connectivity index (χ0) is 15.9. The maximum absolute atomic E-state index is 12.6. The zero-order valence-electron chi connectivity index (χ0n) is 11.9. The third-order valence-corrected chi connectivity index (χ3v) is 3.93. The van der Waals surface area contributed by atoms with Gasteiger partial charge in [-0.05, 0) is 23.6 Å². The lowest BCUT2D eigenvalue weighted by Gasteiger charge is -2.18. The highest BCUT2D eigenvalue weighted by Gasteiger charge is 2.43. The molecule has 0 aliphatic carbocycles. The molecule has 0 spiro atoms. The molecular weight excluding hydrogens is 290 g/mol. The fourth-order valence-electron chi connectivity index (χ4n) is 2.67. The van der Waals surface area contributed by atoms with E-state index in [4.69, 9.17) is 14.6 Å². The molecule has 1 fully saturated rings. The summed E-state index contributed by atoms with van der Waals surface area (Å²) in [6, 6.07) is 6.83. The van der Waals surface area contributed by atoms with Crippen LogP contribution >= 0.6 is 0 Å². The fraction of sp³-hybridized carbons (Fsp3) is 0.400. The molecule has 1 saturated heterocycles. The van der Waals surface area contributed by atoms with Crippen LogP contribution in [0.1, 0.15) is 6.23 Å². The van der Waals surface area contributed by atoms with Crippen molar-refractivity contribution in [1.29, 1.82) is 0 Å². The maximum atomic E-state index is 12.6. The number of aliphatic hydroxyl groups excluding tert-OH is 3. The first-order valence-corrected chi connectivity index (χ1v) is 6.88. The van der Waals surface area contributed by atoms with E-state index in [-0.39, 0.29) is 5.56 Å². The van der Waals surface area contributed by atoms with Gasteiger partial charge in [0.25, 0.3) is 5.56 Å². The smallest absolute Gasteiger partial charge is 0.260 e. The zero-order valence-corrected chi connectivity index (χ0v) is 11.9. The molecule has 1 aliphatic heterocycles. The van der Waals surface area contributed by atoms with Gasteiger partial charge in [-0.2, -0.15) is 0 Å².